The SMILES string of the molecule is c1cc(-c2ccsc2)ncn1. The quantitative estimate of drug-likeness (QED) is 0.642. The fourth-order valence-corrected chi connectivity index (χ4v) is 1.52. The summed E-state index contributed by atoms with van der Waals surface area (Å²) in [5, 5.41) is 4.11. The summed E-state index contributed by atoms with van der Waals surface area (Å²) in [5.74, 6) is 0. The molecule has 0 bridgehead atoms. The van der Waals surface area contributed by atoms with Crippen molar-refractivity contribution in [2.75, 3.05) is 0 Å². The standard InChI is InChI=1S/C8H6N2S/c1-3-9-6-10-8(1)7-2-4-11-5-7/h1-6H. The van der Waals surface area contributed by atoms with Crippen molar-refractivity contribution in [1.29, 1.82) is 0 Å². The van der Waals surface area contributed by atoms with Crippen LogP contribution in [-0.4, -0.2) is 9.97 Å². The zero-order chi connectivity index (χ0) is 7.52. The first-order valence-electron chi connectivity index (χ1n) is 3.25. The lowest BCUT2D eigenvalue weighted by Crippen LogP contribution is -1.79. The van der Waals surface area contributed by atoms with Crippen LogP contribution in [0.2, 0.25) is 0 Å². The molecule has 0 unspecified atom stereocenters. The van der Waals surface area contributed by atoms with Gasteiger partial charge in [0.25, 0.3) is 0 Å². The molecule has 0 aliphatic heterocycles. The zero-order valence-electron chi connectivity index (χ0n) is 5.77. The highest BCUT2D eigenvalue weighted by atomic mass is 32.1. The molecular weight excluding hydrogens is 156 g/mol. The van der Waals surface area contributed by atoms with Crippen LogP contribution >= 0.6 is 11.3 Å². The molecule has 0 saturated heterocycles. The van der Waals surface area contributed by atoms with Gasteiger partial charge in [-0.3, -0.25) is 0 Å². The van der Waals surface area contributed by atoms with Crippen LogP contribution in [0.15, 0.2) is 35.4 Å². The minimum atomic E-state index is 0.987. The lowest BCUT2D eigenvalue weighted by atomic mass is 10.2. The number of nitrogens with zero attached hydrogens (tertiary/aromatic N) is 2. The number of hydrogen-bond donors (Lipinski definition) is 0. The molecule has 2 aromatic heterocycles. The van der Waals surface area contributed by atoms with Crippen LogP contribution in [0, 0.1) is 0 Å². The van der Waals surface area contributed by atoms with Gasteiger partial charge in [0.2, 0.25) is 0 Å². The molecule has 3 heteroatoms. The predicted octanol–water partition coefficient (Wildman–Crippen LogP) is 2.21. The van der Waals surface area contributed by atoms with Crippen molar-refractivity contribution in [1.82, 2.24) is 9.97 Å². The smallest absolute Gasteiger partial charge is 0.116 e. The average Bonchev–Trinajstić information content (AvgIpc) is 2.58. The monoisotopic (exact) mass is 162 g/mol. The van der Waals surface area contributed by atoms with Crippen LogP contribution in [-0.2, 0) is 0 Å². The maximum Gasteiger partial charge on any atom is 0.116 e. The Balaban J connectivity index is 2.46. The van der Waals surface area contributed by atoms with Crippen LogP contribution in [0.3, 0.4) is 0 Å². The van der Waals surface area contributed by atoms with Crippen molar-refractivity contribution < 1.29 is 0 Å². The summed E-state index contributed by atoms with van der Waals surface area (Å²) in [6, 6.07) is 3.95. The van der Waals surface area contributed by atoms with E-state index in [0.29, 0.717) is 0 Å². The second-order valence-corrected chi connectivity index (χ2v) is 2.89. The minimum absolute atomic E-state index is 0.987. The largest absolute Gasteiger partial charge is 0.245 e. The summed E-state index contributed by atoms with van der Waals surface area (Å²) in [6.07, 6.45) is 3.31. The first-order valence-corrected chi connectivity index (χ1v) is 4.20. The summed E-state index contributed by atoms with van der Waals surface area (Å²) in [7, 11) is 0. The maximum absolute atomic E-state index is 4.12. The molecule has 11 heavy (non-hydrogen) atoms. The highest BCUT2D eigenvalue weighted by molar-refractivity contribution is 7.08. The van der Waals surface area contributed by atoms with E-state index in [9.17, 15) is 0 Å². The van der Waals surface area contributed by atoms with Gasteiger partial charge < -0.3 is 0 Å². The average molecular weight is 162 g/mol. The van der Waals surface area contributed by atoms with E-state index in [1.165, 1.54) is 0 Å². The maximum atomic E-state index is 4.12. The summed E-state index contributed by atoms with van der Waals surface area (Å²) in [6.45, 7) is 0. The van der Waals surface area contributed by atoms with Gasteiger partial charge in [-0.05, 0) is 17.5 Å². The van der Waals surface area contributed by atoms with Gasteiger partial charge in [-0.15, -0.1) is 0 Å². The van der Waals surface area contributed by atoms with E-state index in [-0.39, 0.29) is 0 Å². The molecule has 0 aromatic carbocycles. The second-order valence-electron chi connectivity index (χ2n) is 2.11. The van der Waals surface area contributed by atoms with Gasteiger partial charge in [0.05, 0.1) is 5.69 Å². The molecule has 0 fully saturated rings. The Labute approximate surface area is 68.6 Å². The molecule has 2 heterocycles. The van der Waals surface area contributed by atoms with Crippen molar-refractivity contribution in [2.24, 2.45) is 0 Å². The van der Waals surface area contributed by atoms with Crippen molar-refractivity contribution in [3.05, 3.63) is 35.4 Å². The van der Waals surface area contributed by atoms with E-state index < -0.39 is 0 Å². The van der Waals surface area contributed by atoms with E-state index in [1.807, 2.05) is 17.5 Å². The topological polar surface area (TPSA) is 25.8 Å². The molecule has 0 spiro atoms. The molecule has 0 saturated carbocycles. The Bertz CT molecular complexity index is 315. The van der Waals surface area contributed by atoms with Crippen LogP contribution in [0.1, 0.15) is 0 Å². The van der Waals surface area contributed by atoms with E-state index in [1.54, 1.807) is 23.9 Å². The van der Waals surface area contributed by atoms with E-state index in [4.69, 9.17) is 0 Å². The van der Waals surface area contributed by atoms with Gasteiger partial charge in [0, 0.05) is 17.1 Å². The molecule has 0 aliphatic carbocycles. The van der Waals surface area contributed by atoms with Crippen LogP contribution in [0.25, 0.3) is 11.3 Å². The Morgan fingerprint density at radius 3 is 2.91 bits per heavy atom. The highest BCUT2D eigenvalue weighted by Crippen LogP contribution is 2.18. The van der Waals surface area contributed by atoms with Crippen LogP contribution < -0.4 is 0 Å². The summed E-state index contributed by atoms with van der Waals surface area (Å²) >= 11 is 1.67. The third kappa shape index (κ3) is 1.28. The van der Waals surface area contributed by atoms with Crippen LogP contribution in [0.5, 0.6) is 0 Å². The molecular formula is C8H6N2S. The summed E-state index contributed by atoms with van der Waals surface area (Å²) in [5.41, 5.74) is 2.15. The van der Waals surface area contributed by atoms with Gasteiger partial charge in [-0.2, -0.15) is 11.3 Å². The molecule has 2 nitrogen and oxygen atoms in total. The van der Waals surface area contributed by atoms with E-state index >= 15 is 0 Å². The van der Waals surface area contributed by atoms with Gasteiger partial charge in [-0.1, -0.05) is 0 Å². The van der Waals surface area contributed by atoms with Gasteiger partial charge in [0.15, 0.2) is 0 Å². The number of hydrogen-bond acceptors (Lipinski definition) is 3. The molecule has 0 amide bonds. The molecule has 2 rings (SSSR count). The Morgan fingerprint density at radius 2 is 2.27 bits per heavy atom. The van der Waals surface area contributed by atoms with Crippen molar-refractivity contribution in [3.63, 3.8) is 0 Å². The van der Waals surface area contributed by atoms with Gasteiger partial charge in [0.1, 0.15) is 6.33 Å². The first kappa shape index (κ1) is 6.49. The molecule has 0 aliphatic rings. The zero-order valence-corrected chi connectivity index (χ0v) is 6.58. The molecule has 0 radical (unpaired) electrons. The van der Waals surface area contributed by atoms with E-state index in [2.05, 4.69) is 15.3 Å². The molecule has 0 N–H and O–H groups in total. The molecule has 2 aromatic rings. The highest BCUT2D eigenvalue weighted by Gasteiger charge is 1.95. The minimum Gasteiger partial charge on any atom is -0.245 e. The fourth-order valence-electron chi connectivity index (χ4n) is 0.872. The molecule has 0 atom stereocenters. The first-order chi connectivity index (χ1) is 5.47. The lowest BCUT2D eigenvalue weighted by molar-refractivity contribution is 1.17. The van der Waals surface area contributed by atoms with Crippen LogP contribution in [0.4, 0.5) is 0 Å². The fraction of sp³-hybridized carbons (Fsp3) is 0. The third-order valence-electron chi connectivity index (χ3n) is 1.40. The number of aromatic nitrogens is 2. The number of rotatable bonds is 1. The second kappa shape index (κ2) is 2.80. The molecule has 54 valence electrons. The summed E-state index contributed by atoms with van der Waals surface area (Å²) < 4.78 is 0. The third-order valence-corrected chi connectivity index (χ3v) is 2.08. The van der Waals surface area contributed by atoms with Crippen molar-refractivity contribution >= 4 is 11.3 Å². The van der Waals surface area contributed by atoms with Crippen molar-refractivity contribution in [3.8, 4) is 11.3 Å². The summed E-state index contributed by atoms with van der Waals surface area (Å²) in [4.78, 5) is 7.96. The number of thiophene rings is 1. The Morgan fingerprint density at radius 1 is 1.27 bits per heavy atom. The van der Waals surface area contributed by atoms with E-state index in [0.717, 1.165) is 11.3 Å². The lowest BCUT2D eigenvalue weighted by Gasteiger charge is -1.91. The predicted molar refractivity (Wildman–Crippen MR) is 45.3 cm³/mol. The van der Waals surface area contributed by atoms with Gasteiger partial charge in [-0.25, -0.2) is 9.97 Å². The van der Waals surface area contributed by atoms with Gasteiger partial charge >= 0.3 is 0 Å². The normalized spacial score (nSPS) is 9.82. The van der Waals surface area contributed by atoms with Crippen molar-refractivity contribution in [2.45, 2.75) is 0 Å². The Hall–Kier alpha value is -1.22. The Kier molecular flexibility index (Phi) is 1.65.